The molecule has 5 nitrogen and oxygen atoms in total. The molecule has 128 valence electrons. The SMILES string of the molecule is CCC1CC(NC(=O)N2CCC(c3ncc(C)s3)CC2)CCO1. The van der Waals surface area contributed by atoms with Crippen LogP contribution in [0.1, 0.15) is 54.8 Å². The van der Waals surface area contributed by atoms with Crippen molar-refractivity contribution >= 4 is 17.4 Å². The van der Waals surface area contributed by atoms with Crippen molar-refractivity contribution in [3.63, 3.8) is 0 Å². The molecule has 23 heavy (non-hydrogen) atoms. The molecule has 2 aliphatic rings. The molecule has 6 heteroatoms. The quantitative estimate of drug-likeness (QED) is 0.921. The molecule has 1 aromatic rings. The van der Waals surface area contributed by atoms with Gasteiger partial charge in [-0.25, -0.2) is 9.78 Å². The number of carbonyl (C=O) groups excluding carboxylic acids is 1. The summed E-state index contributed by atoms with van der Waals surface area (Å²) < 4.78 is 5.68. The van der Waals surface area contributed by atoms with Crippen molar-refractivity contribution in [2.75, 3.05) is 19.7 Å². The number of carbonyl (C=O) groups is 1. The summed E-state index contributed by atoms with van der Waals surface area (Å²) in [6, 6.07) is 0.362. The van der Waals surface area contributed by atoms with Crippen molar-refractivity contribution in [3.8, 4) is 0 Å². The van der Waals surface area contributed by atoms with Crippen LogP contribution in [0.2, 0.25) is 0 Å². The highest BCUT2D eigenvalue weighted by atomic mass is 32.1. The summed E-state index contributed by atoms with van der Waals surface area (Å²) in [7, 11) is 0. The summed E-state index contributed by atoms with van der Waals surface area (Å²) in [5, 5.41) is 4.44. The van der Waals surface area contributed by atoms with Gasteiger partial charge in [-0.1, -0.05) is 6.92 Å². The van der Waals surface area contributed by atoms with Crippen LogP contribution < -0.4 is 5.32 Å². The van der Waals surface area contributed by atoms with Crippen molar-refractivity contribution in [2.45, 2.75) is 64.0 Å². The maximum absolute atomic E-state index is 12.5. The fraction of sp³-hybridized carbons (Fsp3) is 0.765. The first kappa shape index (κ1) is 16.7. The molecule has 0 saturated carbocycles. The van der Waals surface area contributed by atoms with E-state index >= 15 is 0 Å². The number of nitrogens with one attached hydrogen (secondary N) is 1. The highest BCUT2D eigenvalue weighted by molar-refractivity contribution is 7.11. The Kier molecular flexibility index (Phi) is 5.54. The summed E-state index contributed by atoms with van der Waals surface area (Å²) >= 11 is 1.79. The second-order valence-corrected chi connectivity index (χ2v) is 7.91. The van der Waals surface area contributed by atoms with Crippen molar-refractivity contribution < 1.29 is 9.53 Å². The number of hydrogen-bond donors (Lipinski definition) is 1. The van der Waals surface area contributed by atoms with E-state index in [2.05, 4.69) is 24.1 Å². The van der Waals surface area contributed by atoms with Gasteiger partial charge in [0.1, 0.15) is 0 Å². The molecule has 3 heterocycles. The zero-order chi connectivity index (χ0) is 16.2. The lowest BCUT2D eigenvalue weighted by Crippen LogP contribution is -2.50. The Morgan fingerprint density at radius 1 is 1.43 bits per heavy atom. The molecule has 2 atom stereocenters. The predicted molar refractivity (Wildman–Crippen MR) is 92.0 cm³/mol. The summed E-state index contributed by atoms with van der Waals surface area (Å²) in [4.78, 5) is 20.2. The van der Waals surface area contributed by atoms with Crippen LogP contribution in [-0.4, -0.2) is 47.8 Å². The number of aryl methyl sites for hydroxylation is 1. The Balaban J connectivity index is 1.46. The number of ether oxygens (including phenoxy) is 1. The molecule has 0 radical (unpaired) electrons. The van der Waals surface area contributed by atoms with E-state index in [-0.39, 0.29) is 12.1 Å². The maximum atomic E-state index is 12.5. The molecule has 0 aromatic carbocycles. The van der Waals surface area contributed by atoms with Crippen LogP contribution in [0.4, 0.5) is 4.79 Å². The largest absolute Gasteiger partial charge is 0.378 e. The normalized spacial score (nSPS) is 26.3. The highest BCUT2D eigenvalue weighted by Gasteiger charge is 2.28. The molecule has 2 unspecified atom stereocenters. The first-order valence-corrected chi connectivity index (χ1v) is 9.56. The van der Waals surface area contributed by atoms with Crippen LogP contribution in [0.3, 0.4) is 0 Å². The van der Waals surface area contributed by atoms with Crippen LogP contribution in [0, 0.1) is 6.92 Å². The van der Waals surface area contributed by atoms with E-state index in [1.54, 1.807) is 11.3 Å². The molecule has 0 bridgehead atoms. The Bertz CT molecular complexity index is 526. The standard InChI is InChI=1S/C17H27N3O2S/c1-3-15-10-14(6-9-22-15)19-17(21)20-7-4-13(5-8-20)16-18-11-12(2)23-16/h11,13-15H,3-10H2,1-2H3,(H,19,21). The van der Waals surface area contributed by atoms with E-state index < -0.39 is 0 Å². The van der Waals surface area contributed by atoms with E-state index in [4.69, 9.17) is 4.74 Å². The first-order valence-electron chi connectivity index (χ1n) is 8.75. The number of likely N-dealkylation sites (tertiary alicyclic amines) is 1. The number of amides is 2. The Hall–Kier alpha value is -1.14. The van der Waals surface area contributed by atoms with Gasteiger partial charge in [0.15, 0.2) is 0 Å². The number of urea groups is 1. The second kappa shape index (κ2) is 7.62. The van der Waals surface area contributed by atoms with E-state index in [0.29, 0.717) is 12.0 Å². The zero-order valence-corrected chi connectivity index (χ0v) is 14.9. The zero-order valence-electron chi connectivity index (χ0n) is 14.1. The van der Waals surface area contributed by atoms with Gasteiger partial charge in [-0.05, 0) is 39.0 Å². The molecule has 2 saturated heterocycles. The topological polar surface area (TPSA) is 54.5 Å². The smallest absolute Gasteiger partial charge is 0.317 e. The molecule has 2 aliphatic heterocycles. The number of thiazole rings is 1. The molecule has 0 aliphatic carbocycles. The number of piperidine rings is 1. The number of aromatic nitrogens is 1. The third-order valence-corrected chi connectivity index (χ3v) is 6.00. The van der Waals surface area contributed by atoms with Crippen LogP contribution >= 0.6 is 11.3 Å². The lowest BCUT2D eigenvalue weighted by Gasteiger charge is -2.34. The molecular weight excluding hydrogens is 310 g/mol. The summed E-state index contributed by atoms with van der Waals surface area (Å²) in [5.74, 6) is 0.519. The summed E-state index contributed by atoms with van der Waals surface area (Å²) in [6.45, 7) is 6.65. The molecule has 2 fully saturated rings. The van der Waals surface area contributed by atoms with Crippen molar-refractivity contribution in [2.24, 2.45) is 0 Å². The summed E-state index contributed by atoms with van der Waals surface area (Å²) in [6.07, 6.45) is 7.18. The molecule has 3 rings (SSSR count). The van der Waals surface area contributed by atoms with E-state index in [0.717, 1.165) is 51.8 Å². The van der Waals surface area contributed by atoms with Gasteiger partial charge in [0.25, 0.3) is 0 Å². The molecular formula is C17H27N3O2S. The fourth-order valence-electron chi connectivity index (χ4n) is 3.45. The summed E-state index contributed by atoms with van der Waals surface area (Å²) in [5.41, 5.74) is 0. The number of hydrogen-bond acceptors (Lipinski definition) is 4. The van der Waals surface area contributed by atoms with Gasteiger partial charge >= 0.3 is 6.03 Å². The van der Waals surface area contributed by atoms with Gasteiger partial charge < -0.3 is 15.0 Å². The Morgan fingerprint density at radius 3 is 2.87 bits per heavy atom. The van der Waals surface area contributed by atoms with Gasteiger partial charge in [0, 0.05) is 42.7 Å². The van der Waals surface area contributed by atoms with Crippen molar-refractivity contribution in [1.82, 2.24) is 15.2 Å². The lowest BCUT2D eigenvalue weighted by molar-refractivity contribution is 0.00103. The van der Waals surface area contributed by atoms with E-state index in [1.165, 1.54) is 9.88 Å². The van der Waals surface area contributed by atoms with Gasteiger partial charge in [0.05, 0.1) is 11.1 Å². The monoisotopic (exact) mass is 337 g/mol. The Morgan fingerprint density at radius 2 is 2.22 bits per heavy atom. The van der Waals surface area contributed by atoms with Crippen LogP contribution in [0.15, 0.2) is 6.20 Å². The van der Waals surface area contributed by atoms with Crippen molar-refractivity contribution in [1.29, 1.82) is 0 Å². The molecule has 1 N–H and O–H groups in total. The maximum Gasteiger partial charge on any atom is 0.317 e. The fourth-order valence-corrected chi connectivity index (χ4v) is 4.40. The van der Waals surface area contributed by atoms with Crippen LogP contribution in [-0.2, 0) is 4.74 Å². The first-order chi connectivity index (χ1) is 11.2. The van der Waals surface area contributed by atoms with Gasteiger partial charge in [0.2, 0.25) is 0 Å². The van der Waals surface area contributed by atoms with Gasteiger partial charge in [-0.15, -0.1) is 11.3 Å². The molecule has 2 amide bonds. The number of nitrogens with zero attached hydrogens (tertiary/aromatic N) is 2. The van der Waals surface area contributed by atoms with Crippen LogP contribution in [0.5, 0.6) is 0 Å². The highest BCUT2D eigenvalue weighted by Crippen LogP contribution is 2.30. The predicted octanol–water partition coefficient (Wildman–Crippen LogP) is 3.30. The van der Waals surface area contributed by atoms with E-state index in [1.807, 2.05) is 11.1 Å². The van der Waals surface area contributed by atoms with Crippen LogP contribution in [0.25, 0.3) is 0 Å². The minimum atomic E-state index is 0.0977. The lowest BCUT2D eigenvalue weighted by atomic mass is 9.97. The van der Waals surface area contributed by atoms with Gasteiger partial charge in [-0.3, -0.25) is 0 Å². The average molecular weight is 337 g/mol. The third-order valence-electron chi connectivity index (χ3n) is 4.92. The average Bonchev–Trinajstić information content (AvgIpc) is 3.01. The Labute approximate surface area is 142 Å². The van der Waals surface area contributed by atoms with Gasteiger partial charge in [-0.2, -0.15) is 0 Å². The number of rotatable bonds is 3. The second-order valence-electron chi connectivity index (χ2n) is 6.64. The van der Waals surface area contributed by atoms with E-state index in [9.17, 15) is 4.79 Å². The van der Waals surface area contributed by atoms with Crippen molar-refractivity contribution in [3.05, 3.63) is 16.1 Å². The minimum absolute atomic E-state index is 0.0977. The minimum Gasteiger partial charge on any atom is -0.378 e. The third kappa shape index (κ3) is 4.23. The molecule has 0 spiro atoms. The molecule has 1 aromatic heterocycles.